The quantitative estimate of drug-likeness (QED) is 0.754. The lowest BCUT2D eigenvalue weighted by Gasteiger charge is -2.20. The maximum atomic E-state index is 11.7. The largest absolute Gasteiger partial charge is 0.391 e. The lowest BCUT2D eigenvalue weighted by molar-refractivity contribution is -0.121. The van der Waals surface area contributed by atoms with Crippen molar-refractivity contribution in [3.63, 3.8) is 0 Å². The van der Waals surface area contributed by atoms with Crippen LogP contribution < -0.4 is 5.32 Å². The van der Waals surface area contributed by atoms with Gasteiger partial charge in [0.15, 0.2) is 0 Å². The number of aromatic nitrogens is 1. The van der Waals surface area contributed by atoms with Gasteiger partial charge in [-0.3, -0.25) is 9.78 Å². The fourth-order valence-corrected chi connectivity index (χ4v) is 2.11. The van der Waals surface area contributed by atoms with E-state index in [4.69, 9.17) is 0 Å². The third kappa shape index (κ3) is 5.83. The van der Waals surface area contributed by atoms with Crippen molar-refractivity contribution in [1.82, 2.24) is 10.3 Å². The lowest BCUT2D eigenvalue weighted by atomic mass is 9.96. The van der Waals surface area contributed by atoms with Crippen molar-refractivity contribution in [2.75, 3.05) is 6.54 Å². The maximum Gasteiger partial charge on any atom is 0.220 e. The molecule has 0 bridgehead atoms. The first-order chi connectivity index (χ1) is 9.17. The Bertz CT molecular complexity index is 364. The molecule has 0 saturated carbocycles. The number of aliphatic hydroxyl groups excluding tert-OH is 1. The summed E-state index contributed by atoms with van der Waals surface area (Å²) in [6.45, 7) is 4.47. The van der Waals surface area contributed by atoms with Crippen LogP contribution in [0.4, 0.5) is 0 Å². The van der Waals surface area contributed by atoms with Crippen LogP contribution in [0.25, 0.3) is 0 Å². The van der Waals surface area contributed by atoms with Gasteiger partial charge in [0.25, 0.3) is 0 Å². The SMILES string of the molecule is CCC(CC)C(O)CNC(=O)CCc1ccncc1. The normalized spacial score (nSPS) is 12.4. The second-order valence-corrected chi connectivity index (χ2v) is 4.80. The summed E-state index contributed by atoms with van der Waals surface area (Å²) in [7, 11) is 0. The van der Waals surface area contributed by atoms with E-state index in [1.165, 1.54) is 0 Å². The predicted molar refractivity (Wildman–Crippen MR) is 75.6 cm³/mol. The molecule has 1 amide bonds. The third-order valence-electron chi connectivity index (χ3n) is 3.49. The van der Waals surface area contributed by atoms with Gasteiger partial charge in [-0.2, -0.15) is 0 Å². The van der Waals surface area contributed by atoms with Crippen LogP contribution in [0.1, 0.15) is 38.7 Å². The van der Waals surface area contributed by atoms with Gasteiger partial charge >= 0.3 is 0 Å². The molecule has 0 saturated heterocycles. The highest BCUT2D eigenvalue weighted by Gasteiger charge is 2.15. The van der Waals surface area contributed by atoms with Crippen molar-refractivity contribution in [2.45, 2.75) is 45.6 Å². The van der Waals surface area contributed by atoms with Gasteiger partial charge in [0.05, 0.1) is 6.10 Å². The predicted octanol–water partition coefficient (Wildman–Crippen LogP) is 1.93. The molecule has 1 rings (SSSR count). The summed E-state index contributed by atoms with van der Waals surface area (Å²) in [5.74, 6) is 0.252. The van der Waals surface area contributed by atoms with Crippen LogP contribution in [0, 0.1) is 5.92 Å². The number of amides is 1. The van der Waals surface area contributed by atoms with Crippen molar-refractivity contribution in [2.24, 2.45) is 5.92 Å². The summed E-state index contributed by atoms with van der Waals surface area (Å²) >= 11 is 0. The van der Waals surface area contributed by atoms with Crippen LogP contribution in [0.5, 0.6) is 0 Å². The smallest absolute Gasteiger partial charge is 0.220 e. The number of nitrogens with zero attached hydrogens (tertiary/aromatic N) is 1. The topological polar surface area (TPSA) is 62.2 Å². The zero-order valence-corrected chi connectivity index (χ0v) is 11.8. The van der Waals surface area contributed by atoms with Crippen LogP contribution >= 0.6 is 0 Å². The number of rotatable bonds is 8. The van der Waals surface area contributed by atoms with Gasteiger partial charge in [-0.25, -0.2) is 0 Å². The standard InChI is InChI=1S/C15H24N2O2/c1-3-13(4-2)14(18)11-17-15(19)6-5-12-7-9-16-10-8-12/h7-10,13-14,18H,3-6,11H2,1-2H3,(H,17,19). The molecule has 0 aromatic carbocycles. The summed E-state index contributed by atoms with van der Waals surface area (Å²) in [6, 6.07) is 3.82. The van der Waals surface area contributed by atoms with E-state index >= 15 is 0 Å². The molecule has 0 aliphatic carbocycles. The minimum atomic E-state index is -0.445. The van der Waals surface area contributed by atoms with Crippen LogP contribution in [0.15, 0.2) is 24.5 Å². The van der Waals surface area contributed by atoms with Crippen LogP contribution in [-0.2, 0) is 11.2 Å². The van der Waals surface area contributed by atoms with Crippen molar-refractivity contribution in [1.29, 1.82) is 0 Å². The van der Waals surface area contributed by atoms with Crippen molar-refractivity contribution in [3.05, 3.63) is 30.1 Å². The zero-order chi connectivity index (χ0) is 14.1. The number of carbonyl (C=O) groups is 1. The molecule has 106 valence electrons. The van der Waals surface area contributed by atoms with E-state index in [0.717, 1.165) is 18.4 Å². The van der Waals surface area contributed by atoms with E-state index < -0.39 is 6.10 Å². The van der Waals surface area contributed by atoms with E-state index in [1.54, 1.807) is 12.4 Å². The minimum absolute atomic E-state index is 0.0122. The summed E-state index contributed by atoms with van der Waals surface area (Å²) in [5, 5.41) is 12.7. The van der Waals surface area contributed by atoms with Gasteiger partial charge in [0, 0.05) is 25.4 Å². The van der Waals surface area contributed by atoms with E-state index in [-0.39, 0.29) is 11.8 Å². The number of hydrogen-bond donors (Lipinski definition) is 2. The third-order valence-corrected chi connectivity index (χ3v) is 3.49. The Hall–Kier alpha value is -1.42. The van der Waals surface area contributed by atoms with Crippen LogP contribution in [0.2, 0.25) is 0 Å². The van der Waals surface area contributed by atoms with Gasteiger partial charge in [0.1, 0.15) is 0 Å². The number of aryl methyl sites for hydroxylation is 1. The number of aliphatic hydroxyl groups is 1. The number of carbonyl (C=O) groups excluding carboxylic acids is 1. The second kappa shape index (κ2) is 8.64. The van der Waals surface area contributed by atoms with Crippen molar-refractivity contribution in [3.8, 4) is 0 Å². The summed E-state index contributed by atoms with van der Waals surface area (Å²) < 4.78 is 0. The molecule has 2 N–H and O–H groups in total. The van der Waals surface area contributed by atoms with Crippen LogP contribution in [0.3, 0.4) is 0 Å². The molecule has 0 aliphatic heterocycles. The molecule has 0 fully saturated rings. The molecule has 1 atom stereocenters. The summed E-state index contributed by atoms with van der Waals surface area (Å²) in [4.78, 5) is 15.6. The fourth-order valence-electron chi connectivity index (χ4n) is 2.11. The summed E-state index contributed by atoms with van der Waals surface area (Å²) in [6.07, 6.45) is 6.03. The molecule has 0 aliphatic rings. The molecule has 1 unspecified atom stereocenters. The summed E-state index contributed by atoms with van der Waals surface area (Å²) in [5.41, 5.74) is 1.10. The molecule has 1 heterocycles. The molecule has 1 aromatic rings. The first-order valence-corrected chi connectivity index (χ1v) is 7.01. The van der Waals surface area contributed by atoms with Crippen molar-refractivity contribution >= 4 is 5.91 Å². The second-order valence-electron chi connectivity index (χ2n) is 4.80. The highest BCUT2D eigenvalue weighted by Crippen LogP contribution is 2.12. The van der Waals surface area contributed by atoms with Gasteiger partial charge in [0.2, 0.25) is 5.91 Å². The molecule has 4 nitrogen and oxygen atoms in total. The molecule has 19 heavy (non-hydrogen) atoms. The minimum Gasteiger partial charge on any atom is -0.391 e. The Morgan fingerprint density at radius 1 is 1.32 bits per heavy atom. The Labute approximate surface area is 115 Å². The van der Waals surface area contributed by atoms with E-state index in [0.29, 0.717) is 19.4 Å². The molecule has 0 spiro atoms. The number of pyridine rings is 1. The number of hydrogen-bond acceptors (Lipinski definition) is 3. The molecule has 4 heteroatoms. The average Bonchev–Trinajstić information content (AvgIpc) is 2.45. The van der Waals surface area contributed by atoms with Crippen molar-refractivity contribution < 1.29 is 9.90 Å². The monoisotopic (exact) mass is 264 g/mol. The Morgan fingerprint density at radius 3 is 2.53 bits per heavy atom. The zero-order valence-electron chi connectivity index (χ0n) is 11.8. The Kier molecular flexibility index (Phi) is 7.11. The van der Waals surface area contributed by atoms with Gasteiger partial charge in [-0.1, -0.05) is 26.7 Å². The van der Waals surface area contributed by atoms with E-state index in [2.05, 4.69) is 24.1 Å². The van der Waals surface area contributed by atoms with Gasteiger partial charge < -0.3 is 10.4 Å². The highest BCUT2D eigenvalue weighted by atomic mass is 16.3. The average molecular weight is 264 g/mol. The highest BCUT2D eigenvalue weighted by molar-refractivity contribution is 5.76. The maximum absolute atomic E-state index is 11.7. The number of nitrogens with one attached hydrogen (secondary N) is 1. The molecular weight excluding hydrogens is 240 g/mol. The van der Waals surface area contributed by atoms with Gasteiger partial charge in [-0.05, 0) is 30.0 Å². The first-order valence-electron chi connectivity index (χ1n) is 7.01. The Morgan fingerprint density at radius 2 is 1.95 bits per heavy atom. The Balaban J connectivity index is 2.24. The van der Waals surface area contributed by atoms with Gasteiger partial charge in [-0.15, -0.1) is 0 Å². The van der Waals surface area contributed by atoms with E-state index in [9.17, 15) is 9.90 Å². The first kappa shape index (κ1) is 15.6. The van der Waals surface area contributed by atoms with Crippen LogP contribution in [-0.4, -0.2) is 28.6 Å². The molecular formula is C15H24N2O2. The molecule has 0 radical (unpaired) electrons. The fraction of sp³-hybridized carbons (Fsp3) is 0.600. The lowest BCUT2D eigenvalue weighted by Crippen LogP contribution is -2.36. The molecule has 1 aromatic heterocycles. The van der Waals surface area contributed by atoms with E-state index in [1.807, 2.05) is 12.1 Å².